The van der Waals surface area contributed by atoms with Crippen LogP contribution in [0.4, 0.5) is 0 Å². The van der Waals surface area contributed by atoms with Gasteiger partial charge in [-0.15, -0.1) is 11.3 Å². The summed E-state index contributed by atoms with van der Waals surface area (Å²) in [5, 5.41) is 4.82. The maximum absolute atomic E-state index is 12.7. The highest BCUT2D eigenvalue weighted by molar-refractivity contribution is 7.11. The van der Waals surface area contributed by atoms with Crippen molar-refractivity contribution in [2.75, 3.05) is 0 Å². The van der Waals surface area contributed by atoms with Crippen LogP contribution in [0.15, 0.2) is 41.9 Å². The number of nitrogens with one attached hydrogen (secondary N) is 1. The van der Waals surface area contributed by atoms with Crippen LogP contribution in [-0.2, 0) is 9.53 Å². The van der Waals surface area contributed by atoms with E-state index in [1.54, 1.807) is 41.9 Å². The van der Waals surface area contributed by atoms with Crippen molar-refractivity contribution < 1.29 is 14.3 Å². The maximum Gasteiger partial charge on any atom is 0.349 e. The number of hydrogen-bond acceptors (Lipinski definition) is 5. The van der Waals surface area contributed by atoms with Crippen molar-refractivity contribution in [2.45, 2.75) is 44.2 Å². The number of rotatable bonds is 5. The molecule has 2 heterocycles. The molecule has 0 spiro atoms. The number of thiophene rings is 1. The number of carbonyl (C=O) groups is 2. The van der Waals surface area contributed by atoms with E-state index in [-0.39, 0.29) is 11.9 Å². The van der Waals surface area contributed by atoms with Gasteiger partial charge in [-0.25, -0.2) is 4.79 Å². The zero-order valence-corrected chi connectivity index (χ0v) is 14.1. The van der Waals surface area contributed by atoms with Crippen molar-refractivity contribution in [1.29, 1.82) is 0 Å². The van der Waals surface area contributed by atoms with Gasteiger partial charge in [0, 0.05) is 12.2 Å². The standard InChI is InChI=1S/C18H20N2O3S/c21-17(20-13-7-2-1-3-8-13)16(14-9-4-5-11-19-14)23-18(22)15-10-6-12-24-15/h4-6,9-13,16H,1-3,7-8H2,(H,20,21)/t16-/m0/s1. The van der Waals surface area contributed by atoms with Gasteiger partial charge in [-0.1, -0.05) is 31.4 Å². The van der Waals surface area contributed by atoms with Crippen molar-refractivity contribution >= 4 is 23.2 Å². The van der Waals surface area contributed by atoms with Crippen molar-refractivity contribution in [1.82, 2.24) is 10.3 Å². The summed E-state index contributed by atoms with van der Waals surface area (Å²) in [6, 6.07) is 8.86. The Kier molecular flexibility index (Phi) is 5.59. The molecule has 126 valence electrons. The fourth-order valence-electron chi connectivity index (χ4n) is 2.86. The van der Waals surface area contributed by atoms with E-state index < -0.39 is 12.1 Å². The van der Waals surface area contributed by atoms with E-state index in [2.05, 4.69) is 10.3 Å². The predicted molar refractivity (Wildman–Crippen MR) is 91.7 cm³/mol. The number of esters is 1. The molecule has 0 radical (unpaired) electrons. The Hall–Kier alpha value is -2.21. The molecule has 0 saturated heterocycles. The first-order valence-corrected chi connectivity index (χ1v) is 9.08. The van der Waals surface area contributed by atoms with E-state index in [1.807, 2.05) is 0 Å². The summed E-state index contributed by atoms with van der Waals surface area (Å²) in [6.07, 6.45) is 5.96. The molecule has 1 aliphatic carbocycles. The third-order valence-corrected chi connectivity index (χ3v) is 4.94. The van der Waals surface area contributed by atoms with E-state index in [0.29, 0.717) is 10.6 Å². The van der Waals surface area contributed by atoms with Gasteiger partial charge in [0.15, 0.2) is 0 Å². The summed E-state index contributed by atoms with van der Waals surface area (Å²) in [5.74, 6) is -0.801. The summed E-state index contributed by atoms with van der Waals surface area (Å²) in [7, 11) is 0. The summed E-state index contributed by atoms with van der Waals surface area (Å²) < 4.78 is 5.48. The smallest absolute Gasteiger partial charge is 0.349 e. The molecule has 1 atom stereocenters. The zero-order valence-electron chi connectivity index (χ0n) is 13.3. The van der Waals surface area contributed by atoms with Crippen LogP contribution in [0.25, 0.3) is 0 Å². The Morgan fingerprint density at radius 1 is 1.17 bits per heavy atom. The summed E-state index contributed by atoms with van der Waals surface area (Å²) >= 11 is 1.29. The minimum Gasteiger partial charge on any atom is -0.441 e. The maximum atomic E-state index is 12.7. The normalized spacial score (nSPS) is 16.3. The monoisotopic (exact) mass is 344 g/mol. The van der Waals surface area contributed by atoms with Gasteiger partial charge in [-0.05, 0) is 36.4 Å². The molecule has 5 nitrogen and oxygen atoms in total. The molecule has 24 heavy (non-hydrogen) atoms. The molecule has 1 N–H and O–H groups in total. The second-order valence-electron chi connectivity index (χ2n) is 5.86. The molecular weight excluding hydrogens is 324 g/mol. The first kappa shape index (κ1) is 16.6. The summed E-state index contributed by atoms with van der Waals surface area (Å²) in [5.41, 5.74) is 0.440. The highest BCUT2D eigenvalue weighted by Gasteiger charge is 2.29. The largest absolute Gasteiger partial charge is 0.441 e. The Morgan fingerprint density at radius 2 is 2.00 bits per heavy atom. The number of pyridine rings is 1. The lowest BCUT2D eigenvalue weighted by Gasteiger charge is -2.25. The van der Waals surface area contributed by atoms with Crippen molar-refractivity contribution in [3.05, 3.63) is 52.5 Å². The molecule has 6 heteroatoms. The fourth-order valence-corrected chi connectivity index (χ4v) is 3.47. The van der Waals surface area contributed by atoms with Crippen LogP contribution >= 0.6 is 11.3 Å². The highest BCUT2D eigenvalue weighted by Crippen LogP contribution is 2.22. The second-order valence-corrected chi connectivity index (χ2v) is 6.81. The van der Waals surface area contributed by atoms with Crippen molar-refractivity contribution in [2.24, 2.45) is 0 Å². The Morgan fingerprint density at radius 3 is 2.67 bits per heavy atom. The molecule has 0 aromatic carbocycles. The first-order valence-electron chi connectivity index (χ1n) is 8.20. The molecule has 0 aliphatic heterocycles. The zero-order chi connectivity index (χ0) is 16.8. The minimum atomic E-state index is -1.03. The molecule has 0 bridgehead atoms. The van der Waals surface area contributed by atoms with Crippen LogP contribution < -0.4 is 5.32 Å². The van der Waals surface area contributed by atoms with E-state index >= 15 is 0 Å². The van der Waals surface area contributed by atoms with Crippen molar-refractivity contribution in [3.8, 4) is 0 Å². The molecule has 1 saturated carbocycles. The van der Waals surface area contributed by atoms with Gasteiger partial charge in [-0.2, -0.15) is 0 Å². The number of ether oxygens (including phenoxy) is 1. The quantitative estimate of drug-likeness (QED) is 0.843. The van der Waals surface area contributed by atoms with Gasteiger partial charge in [0.25, 0.3) is 5.91 Å². The molecule has 2 aromatic rings. The Balaban J connectivity index is 1.74. The SMILES string of the molecule is O=C(O[C@H](C(=O)NC1CCCCC1)c1ccccn1)c1cccs1. The van der Waals surface area contributed by atoms with Crippen LogP contribution in [0, 0.1) is 0 Å². The number of hydrogen-bond donors (Lipinski definition) is 1. The predicted octanol–water partition coefficient (Wildman–Crippen LogP) is 3.49. The van der Waals surface area contributed by atoms with Crippen LogP contribution in [0.2, 0.25) is 0 Å². The third kappa shape index (κ3) is 4.20. The van der Waals surface area contributed by atoms with Gasteiger partial charge in [0.2, 0.25) is 6.10 Å². The number of amides is 1. The number of aromatic nitrogens is 1. The van der Waals surface area contributed by atoms with Crippen molar-refractivity contribution in [3.63, 3.8) is 0 Å². The summed E-state index contributed by atoms with van der Waals surface area (Å²) in [4.78, 5) is 29.6. The molecule has 1 aliphatic rings. The molecular formula is C18H20N2O3S. The van der Waals surface area contributed by atoms with Crippen LogP contribution in [0.5, 0.6) is 0 Å². The molecule has 1 amide bonds. The third-order valence-electron chi connectivity index (χ3n) is 4.09. The number of carbonyl (C=O) groups excluding carboxylic acids is 2. The van der Waals surface area contributed by atoms with E-state index in [1.165, 1.54) is 17.8 Å². The lowest BCUT2D eigenvalue weighted by atomic mass is 9.95. The number of nitrogens with zero attached hydrogens (tertiary/aromatic N) is 1. The first-order chi connectivity index (χ1) is 11.7. The lowest BCUT2D eigenvalue weighted by Crippen LogP contribution is -2.40. The minimum absolute atomic E-state index is 0.151. The van der Waals surface area contributed by atoms with Crippen LogP contribution in [0.3, 0.4) is 0 Å². The Labute approximate surface area is 145 Å². The Bertz CT molecular complexity index is 667. The molecule has 1 fully saturated rings. The van der Waals surface area contributed by atoms with Gasteiger partial charge >= 0.3 is 5.97 Å². The van der Waals surface area contributed by atoms with Crippen LogP contribution in [0.1, 0.15) is 53.6 Å². The highest BCUT2D eigenvalue weighted by atomic mass is 32.1. The van der Waals surface area contributed by atoms with Gasteiger partial charge in [0.1, 0.15) is 4.88 Å². The van der Waals surface area contributed by atoms with Crippen LogP contribution in [-0.4, -0.2) is 22.9 Å². The fraction of sp³-hybridized carbons (Fsp3) is 0.389. The summed E-state index contributed by atoms with van der Waals surface area (Å²) in [6.45, 7) is 0. The molecule has 2 aromatic heterocycles. The average Bonchev–Trinajstić information content (AvgIpc) is 3.16. The topological polar surface area (TPSA) is 68.3 Å². The van der Waals surface area contributed by atoms with E-state index in [0.717, 1.165) is 25.7 Å². The van der Waals surface area contributed by atoms with Gasteiger partial charge in [0.05, 0.1) is 5.69 Å². The lowest BCUT2D eigenvalue weighted by molar-refractivity contribution is -0.131. The average molecular weight is 344 g/mol. The second kappa shape index (κ2) is 8.06. The molecule has 0 unspecified atom stereocenters. The van der Waals surface area contributed by atoms with E-state index in [9.17, 15) is 9.59 Å². The van der Waals surface area contributed by atoms with Gasteiger partial charge < -0.3 is 10.1 Å². The van der Waals surface area contributed by atoms with E-state index in [4.69, 9.17) is 4.74 Å². The molecule has 3 rings (SSSR count). The van der Waals surface area contributed by atoms with Gasteiger partial charge in [-0.3, -0.25) is 9.78 Å².